The molecule has 0 atom stereocenters. The fourth-order valence-electron chi connectivity index (χ4n) is 2.37. The van der Waals surface area contributed by atoms with Crippen molar-refractivity contribution in [1.29, 1.82) is 0 Å². The Kier molecular flexibility index (Phi) is 6.61. The predicted molar refractivity (Wildman–Crippen MR) is 117 cm³/mol. The zero-order valence-corrected chi connectivity index (χ0v) is 17.5. The molecule has 10 heteroatoms. The van der Waals surface area contributed by atoms with Gasteiger partial charge in [-0.2, -0.15) is 5.10 Å². The molecule has 3 N–H and O–H groups in total. The molecule has 0 bridgehead atoms. The van der Waals surface area contributed by atoms with Gasteiger partial charge in [0.1, 0.15) is 5.75 Å². The predicted octanol–water partition coefficient (Wildman–Crippen LogP) is 4.26. The number of nitrogens with zero attached hydrogens (tertiary/aromatic N) is 1. The van der Waals surface area contributed by atoms with Gasteiger partial charge in [0, 0.05) is 10.6 Å². The second-order valence-electron chi connectivity index (χ2n) is 6.05. The van der Waals surface area contributed by atoms with E-state index in [-0.39, 0.29) is 26.9 Å². The van der Waals surface area contributed by atoms with Crippen molar-refractivity contribution in [3.63, 3.8) is 0 Å². The van der Waals surface area contributed by atoms with E-state index in [4.69, 9.17) is 23.2 Å². The number of phenolic OH excluding ortho intramolecular Hbond substituents is 1. The van der Waals surface area contributed by atoms with Gasteiger partial charge in [0.05, 0.1) is 21.8 Å². The minimum Gasteiger partial charge on any atom is -0.508 e. The molecule has 30 heavy (non-hydrogen) atoms. The van der Waals surface area contributed by atoms with Crippen LogP contribution in [0, 0.1) is 0 Å². The summed E-state index contributed by atoms with van der Waals surface area (Å²) < 4.78 is 27.7. The lowest BCUT2D eigenvalue weighted by Crippen LogP contribution is -2.19. The Hall–Kier alpha value is -3.07. The molecule has 0 aliphatic carbocycles. The Bertz CT molecular complexity index is 1210. The summed E-state index contributed by atoms with van der Waals surface area (Å²) in [4.78, 5) is 12.2. The number of nitrogens with one attached hydrogen (secondary N) is 2. The first-order valence-corrected chi connectivity index (χ1v) is 10.7. The number of aromatic hydroxyl groups is 1. The summed E-state index contributed by atoms with van der Waals surface area (Å²) in [6, 6.07) is 16.0. The largest absolute Gasteiger partial charge is 0.508 e. The molecular formula is C20H15Cl2N3O4S. The summed E-state index contributed by atoms with van der Waals surface area (Å²) in [6.45, 7) is 0. The number of anilines is 1. The van der Waals surface area contributed by atoms with Crippen LogP contribution in [0.2, 0.25) is 10.0 Å². The van der Waals surface area contributed by atoms with Gasteiger partial charge in [-0.15, -0.1) is 0 Å². The third kappa shape index (κ3) is 5.50. The third-order valence-electron chi connectivity index (χ3n) is 3.85. The van der Waals surface area contributed by atoms with Crippen molar-refractivity contribution in [3.8, 4) is 5.75 Å². The minimum atomic E-state index is -4.01. The van der Waals surface area contributed by atoms with E-state index >= 15 is 0 Å². The first-order chi connectivity index (χ1) is 14.2. The van der Waals surface area contributed by atoms with Crippen LogP contribution in [0.15, 0.2) is 76.7 Å². The molecule has 0 spiro atoms. The minimum absolute atomic E-state index is 0.0953. The molecule has 154 valence electrons. The molecule has 0 saturated carbocycles. The van der Waals surface area contributed by atoms with Crippen molar-refractivity contribution in [2.24, 2.45) is 5.10 Å². The number of sulfonamides is 1. The van der Waals surface area contributed by atoms with Gasteiger partial charge in [-0.05, 0) is 66.2 Å². The quantitative estimate of drug-likeness (QED) is 0.374. The van der Waals surface area contributed by atoms with Gasteiger partial charge in [0.15, 0.2) is 0 Å². The zero-order valence-electron chi connectivity index (χ0n) is 15.2. The molecule has 0 aromatic heterocycles. The van der Waals surface area contributed by atoms with Crippen LogP contribution in [-0.2, 0) is 10.0 Å². The van der Waals surface area contributed by atoms with Crippen molar-refractivity contribution in [2.75, 3.05) is 4.72 Å². The molecule has 0 unspecified atom stereocenters. The Balaban J connectivity index is 1.75. The Morgan fingerprint density at radius 1 is 1.00 bits per heavy atom. The number of hydrazone groups is 1. The molecule has 0 radical (unpaired) electrons. The van der Waals surface area contributed by atoms with Crippen molar-refractivity contribution in [3.05, 3.63) is 87.9 Å². The zero-order chi connectivity index (χ0) is 21.7. The van der Waals surface area contributed by atoms with E-state index in [2.05, 4.69) is 15.2 Å². The maximum Gasteiger partial charge on any atom is 0.271 e. The van der Waals surface area contributed by atoms with Gasteiger partial charge in [-0.3, -0.25) is 9.52 Å². The fourth-order valence-corrected chi connectivity index (χ4v) is 3.88. The summed E-state index contributed by atoms with van der Waals surface area (Å²) in [6.07, 6.45) is 1.39. The first kappa shape index (κ1) is 21.6. The van der Waals surface area contributed by atoms with Crippen molar-refractivity contribution < 1.29 is 18.3 Å². The lowest BCUT2D eigenvalue weighted by atomic mass is 10.2. The smallest absolute Gasteiger partial charge is 0.271 e. The number of hydrogen-bond acceptors (Lipinski definition) is 5. The van der Waals surface area contributed by atoms with Crippen molar-refractivity contribution in [1.82, 2.24) is 5.43 Å². The lowest BCUT2D eigenvalue weighted by molar-refractivity contribution is 0.0955. The number of carbonyl (C=O) groups excluding carboxylic acids is 1. The lowest BCUT2D eigenvalue weighted by Gasteiger charge is -2.11. The van der Waals surface area contributed by atoms with E-state index in [1.807, 2.05) is 0 Å². The fraction of sp³-hybridized carbons (Fsp3) is 0. The van der Waals surface area contributed by atoms with Crippen LogP contribution < -0.4 is 10.1 Å². The van der Waals surface area contributed by atoms with Gasteiger partial charge in [0.2, 0.25) is 0 Å². The van der Waals surface area contributed by atoms with Gasteiger partial charge in [-0.1, -0.05) is 29.3 Å². The normalized spacial score (nSPS) is 11.4. The summed E-state index contributed by atoms with van der Waals surface area (Å²) in [5.74, 6) is -0.482. The number of amides is 1. The van der Waals surface area contributed by atoms with E-state index < -0.39 is 15.9 Å². The van der Waals surface area contributed by atoms with Gasteiger partial charge in [0.25, 0.3) is 15.9 Å². The maximum atomic E-state index is 12.7. The van der Waals surface area contributed by atoms with Crippen molar-refractivity contribution in [2.45, 2.75) is 4.90 Å². The maximum absolute atomic E-state index is 12.7. The van der Waals surface area contributed by atoms with E-state index in [0.29, 0.717) is 10.6 Å². The van der Waals surface area contributed by atoms with E-state index in [0.717, 1.165) is 0 Å². The van der Waals surface area contributed by atoms with Crippen molar-refractivity contribution >= 4 is 51.0 Å². The molecule has 3 rings (SSSR count). The number of rotatable bonds is 6. The van der Waals surface area contributed by atoms with Crippen LogP contribution in [0.25, 0.3) is 0 Å². The molecule has 0 heterocycles. The summed E-state index contributed by atoms with van der Waals surface area (Å²) in [5, 5.41) is 13.6. The van der Waals surface area contributed by atoms with Crippen LogP contribution in [0.3, 0.4) is 0 Å². The van der Waals surface area contributed by atoms with Crippen LogP contribution in [-0.4, -0.2) is 25.6 Å². The Labute approximate surface area is 183 Å². The molecule has 7 nitrogen and oxygen atoms in total. The van der Waals surface area contributed by atoms with E-state index in [1.54, 1.807) is 12.1 Å². The van der Waals surface area contributed by atoms with Gasteiger partial charge < -0.3 is 5.11 Å². The highest BCUT2D eigenvalue weighted by atomic mass is 35.5. The summed E-state index contributed by atoms with van der Waals surface area (Å²) in [7, 11) is -4.01. The molecule has 0 saturated heterocycles. The van der Waals surface area contributed by atoms with Crippen LogP contribution >= 0.6 is 23.2 Å². The average molecular weight is 464 g/mol. The number of phenols is 1. The molecule has 3 aromatic rings. The third-order valence-corrected chi connectivity index (χ3v) is 5.78. The molecule has 0 aliphatic rings. The second-order valence-corrected chi connectivity index (χ2v) is 8.57. The molecule has 0 fully saturated rings. The average Bonchev–Trinajstić information content (AvgIpc) is 2.72. The SMILES string of the molecule is O=C(NN=Cc1ccc(O)cc1)c1cccc(S(=O)(=O)Nc2cc(Cl)ccc2Cl)c1. The highest BCUT2D eigenvalue weighted by Crippen LogP contribution is 2.28. The molecule has 1 amide bonds. The first-order valence-electron chi connectivity index (χ1n) is 8.45. The molecule has 0 aliphatic heterocycles. The second kappa shape index (κ2) is 9.17. The standard InChI is InChI=1S/C20H15Cl2N3O4S/c21-15-6-9-18(22)19(11-15)25-30(28,29)17-3-1-2-14(10-17)20(27)24-23-12-13-4-7-16(26)8-5-13/h1-12,25-26H,(H,24,27). The number of benzene rings is 3. The number of carbonyl (C=O) groups is 1. The van der Waals surface area contributed by atoms with Gasteiger partial charge >= 0.3 is 0 Å². The summed E-state index contributed by atoms with van der Waals surface area (Å²) >= 11 is 11.9. The van der Waals surface area contributed by atoms with Gasteiger partial charge in [-0.25, -0.2) is 13.8 Å². The molecule has 3 aromatic carbocycles. The van der Waals surface area contributed by atoms with E-state index in [9.17, 15) is 18.3 Å². The number of hydrogen-bond donors (Lipinski definition) is 3. The highest BCUT2D eigenvalue weighted by Gasteiger charge is 2.18. The topological polar surface area (TPSA) is 108 Å². The Morgan fingerprint density at radius 2 is 1.73 bits per heavy atom. The van der Waals surface area contributed by atoms with Crippen LogP contribution in [0.5, 0.6) is 5.75 Å². The molecular weight excluding hydrogens is 449 g/mol. The number of halogens is 2. The summed E-state index contributed by atoms with van der Waals surface area (Å²) in [5.41, 5.74) is 3.20. The van der Waals surface area contributed by atoms with Crippen LogP contribution in [0.1, 0.15) is 15.9 Å². The monoisotopic (exact) mass is 463 g/mol. The Morgan fingerprint density at radius 3 is 2.47 bits per heavy atom. The van der Waals surface area contributed by atoms with E-state index in [1.165, 1.54) is 60.8 Å². The highest BCUT2D eigenvalue weighted by molar-refractivity contribution is 7.92. The van der Waals surface area contributed by atoms with Crippen LogP contribution in [0.4, 0.5) is 5.69 Å².